The number of allylic oxidation sites excluding steroid dienone is 1. The molecule has 0 atom stereocenters. The van der Waals surface area contributed by atoms with Crippen LogP contribution in [-0.2, 0) is 35.6 Å². The summed E-state index contributed by atoms with van der Waals surface area (Å²) >= 11 is 0. The van der Waals surface area contributed by atoms with Crippen molar-refractivity contribution in [2.24, 2.45) is 0 Å². The van der Waals surface area contributed by atoms with Crippen molar-refractivity contribution in [3.05, 3.63) is 69.8 Å². The highest BCUT2D eigenvalue weighted by Crippen LogP contribution is 2.28. The fourth-order valence-electron chi connectivity index (χ4n) is 2.89. The Kier molecular flexibility index (Phi) is 7.31. The monoisotopic (exact) mass is 386 g/mol. The summed E-state index contributed by atoms with van der Waals surface area (Å²) in [6.45, 7) is -0.501. The Morgan fingerprint density at radius 2 is 1.64 bits per heavy atom. The van der Waals surface area contributed by atoms with E-state index in [0.717, 1.165) is 0 Å². The molecule has 0 spiro atoms. The normalized spacial score (nSPS) is 11.7. The molecule has 4 N–H and O–H groups in total. The molecule has 0 unspecified atom stereocenters. The van der Waals surface area contributed by atoms with E-state index in [1.807, 2.05) is 0 Å². The van der Waals surface area contributed by atoms with Gasteiger partial charge < -0.3 is 25.2 Å². The summed E-state index contributed by atoms with van der Waals surface area (Å²) in [6, 6.07) is 9.42. The van der Waals surface area contributed by atoms with Crippen molar-refractivity contribution in [3.8, 4) is 11.5 Å². The van der Waals surface area contributed by atoms with Gasteiger partial charge in [0.05, 0.1) is 20.3 Å². The second kappa shape index (κ2) is 9.68. The summed E-state index contributed by atoms with van der Waals surface area (Å²) in [4.78, 5) is 23.4. The molecule has 148 valence electrons. The minimum Gasteiger partial charge on any atom is -0.504 e. The molecule has 0 amide bonds. The molecular weight excluding hydrogens is 364 g/mol. The Balaban J connectivity index is 2.39. The van der Waals surface area contributed by atoms with Gasteiger partial charge in [-0.2, -0.15) is 0 Å². The van der Waals surface area contributed by atoms with Gasteiger partial charge in [-0.1, -0.05) is 24.3 Å². The van der Waals surface area contributed by atoms with Crippen LogP contribution in [0.3, 0.4) is 0 Å². The van der Waals surface area contributed by atoms with E-state index in [1.165, 1.54) is 19.2 Å². The molecule has 0 heterocycles. The Labute approximate surface area is 162 Å². The molecule has 0 saturated heterocycles. The molecule has 0 aliphatic heterocycles. The molecule has 0 aliphatic rings. The quantitative estimate of drug-likeness (QED) is 0.382. The van der Waals surface area contributed by atoms with Gasteiger partial charge >= 0.3 is 5.97 Å². The number of hydrogen-bond acceptors (Lipinski definition) is 6. The van der Waals surface area contributed by atoms with Crippen LogP contribution < -0.4 is 4.74 Å². The first-order chi connectivity index (χ1) is 13.4. The minimum absolute atomic E-state index is 0.0262. The molecule has 28 heavy (non-hydrogen) atoms. The van der Waals surface area contributed by atoms with Crippen LogP contribution in [0.15, 0.2) is 47.5 Å². The highest BCUT2D eigenvalue weighted by atomic mass is 16.5. The van der Waals surface area contributed by atoms with E-state index in [0.29, 0.717) is 28.5 Å². The van der Waals surface area contributed by atoms with Crippen LogP contribution in [0.2, 0.25) is 0 Å². The SMILES string of the molecule is COc1cc(C/C(C(=O)O)=C(\C=O)Cc2ccc(CO)c(CO)c2)ccc1O. The third-order valence-corrected chi connectivity index (χ3v) is 4.42. The Morgan fingerprint density at radius 1 is 1.00 bits per heavy atom. The van der Waals surface area contributed by atoms with Gasteiger partial charge in [-0.3, -0.25) is 4.79 Å². The number of hydrogen-bond donors (Lipinski definition) is 4. The Hall–Kier alpha value is -3.16. The largest absolute Gasteiger partial charge is 0.504 e. The second-order valence-corrected chi connectivity index (χ2v) is 6.21. The van der Waals surface area contributed by atoms with Gasteiger partial charge in [0.25, 0.3) is 0 Å². The van der Waals surface area contributed by atoms with E-state index in [-0.39, 0.29) is 48.7 Å². The molecular formula is C21H22O7. The van der Waals surface area contributed by atoms with Crippen molar-refractivity contribution >= 4 is 12.3 Å². The number of phenols is 1. The van der Waals surface area contributed by atoms with Gasteiger partial charge in [0.15, 0.2) is 11.5 Å². The smallest absolute Gasteiger partial charge is 0.332 e. The number of methoxy groups -OCH3 is 1. The first kappa shape index (κ1) is 21.1. The second-order valence-electron chi connectivity index (χ2n) is 6.21. The number of aliphatic carboxylic acids is 1. The van der Waals surface area contributed by atoms with Gasteiger partial charge in [-0.05, 0) is 34.4 Å². The predicted octanol–water partition coefficient (Wildman–Crippen LogP) is 1.75. The average Bonchev–Trinajstić information content (AvgIpc) is 2.71. The van der Waals surface area contributed by atoms with Crippen molar-refractivity contribution in [1.82, 2.24) is 0 Å². The predicted molar refractivity (Wildman–Crippen MR) is 101 cm³/mol. The topological polar surface area (TPSA) is 124 Å². The molecule has 0 aliphatic carbocycles. The van der Waals surface area contributed by atoms with Gasteiger partial charge in [0.2, 0.25) is 0 Å². The number of phenolic OH excluding ortho intramolecular Hbond substituents is 1. The fraction of sp³-hybridized carbons (Fsp3) is 0.238. The van der Waals surface area contributed by atoms with Crippen molar-refractivity contribution in [2.75, 3.05) is 7.11 Å². The Morgan fingerprint density at radius 3 is 2.21 bits per heavy atom. The zero-order chi connectivity index (χ0) is 20.7. The fourth-order valence-corrected chi connectivity index (χ4v) is 2.89. The number of carbonyl (C=O) groups is 2. The van der Waals surface area contributed by atoms with Crippen LogP contribution >= 0.6 is 0 Å². The number of ether oxygens (including phenoxy) is 1. The van der Waals surface area contributed by atoms with Gasteiger partial charge in [0.1, 0.15) is 6.29 Å². The van der Waals surface area contributed by atoms with Crippen LogP contribution in [0.4, 0.5) is 0 Å². The molecule has 0 fully saturated rings. The third kappa shape index (κ3) is 4.97. The summed E-state index contributed by atoms with van der Waals surface area (Å²) in [7, 11) is 1.39. The van der Waals surface area contributed by atoms with Crippen molar-refractivity contribution < 1.29 is 34.8 Å². The van der Waals surface area contributed by atoms with Crippen LogP contribution in [0.5, 0.6) is 11.5 Å². The lowest BCUT2D eigenvalue weighted by molar-refractivity contribution is -0.133. The number of aliphatic hydroxyl groups is 2. The summed E-state index contributed by atoms with van der Waals surface area (Å²) in [5, 5.41) is 38.0. The van der Waals surface area contributed by atoms with E-state index < -0.39 is 5.97 Å². The molecule has 0 saturated carbocycles. The number of carbonyl (C=O) groups excluding carboxylic acids is 1. The van der Waals surface area contributed by atoms with Crippen LogP contribution in [0.1, 0.15) is 22.3 Å². The van der Waals surface area contributed by atoms with Gasteiger partial charge in [-0.25, -0.2) is 4.79 Å². The van der Waals surface area contributed by atoms with Crippen LogP contribution in [0, 0.1) is 0 Å². The zero-order valence-electron chi connectivity index (χ0n) is 15.4. The zero-order valence-corrected chi connectivity index (χ0v) is 15.4. The summed E-state index contributed by atoms with van der Waals surface area (Å²) < 4.78 is 5.03. The number of aliphatic hydroxyl groups excluding tert-OH is 2. The molecule has 7 nitrogen and oxygen atoms in total. The molecule has 0 aromatic heterocycles. The van der Waals surface area contributed by atoms with Crippen molar-refractivity contribution in [1.29, 1.82) is 0 Å². The summed E-state index contributed by atoms with van der Waals surface area (Å²) in [6.07, 6.45) is 0.556. The molecule has 2 rings (SSSR count). The van der Waals surface area contributed by atoms with Gasteiger partial charge in [0, 0.05) is 24.0 Å². The number of benzene rings is 2. The summed E-state index contributed by atoms with van der Waals surface area (Å²) in [5.74, 6) is -1.08. The lowest BCUT2D eigenvalue weighted by atomic mass is 9.94. The van der Waals surface area contributed by atoms with E-state index in [4.69, 9.17) is 4.74 Å². The van der Waals surface area contributed by atoms with Gasteiger partial charge in [-0.15, -0.1) is 0 Å². The van der Waals surface area contributed by atoms with E-state index in [1.54, 1.807) is 24.3 Å². The van der Waals surface area contributed by atoms with E-state index in [9.17, 15) is 30.0 Å². The number of aromatic hydroxyl groups is 1. The van der Waals surface area contributed by atoms with E-state index in [2.05, 4.69) is 0 Å². The number of rotatable bonds is 9. The third-order valence-electron chi connectivity index (χ3n) is 4.42. The maximum Gasteiger partial charge on any atom is 0.332 e. The maximum atomic E-state index is 11.8. The molecule has 0 bridgehead atoms. The highest BCUT2D eigenvalue weighted by Gasteiger charge is 2.17. The number of carboxylic acid groups (broad SMARTS) is 1. The lowest BCUT2D eigenvalue weighted by Gasteiger charge is -2.12. The molecule has 2 aromatic rings. The molecule has 2 aromatic carbocycles. The average molecular weight is 386 g/mol. The maximum absolute atomic E-state index is 11.8. The minimum atomic E-state index is -1.22. The molecule has 0 radical (unpaired) electrons. The first-order valence-corrected chi connectivity index (χ1v) is 8.52. The lowest BCUT2D eigenvalue weighted by Crippen LogP contribution is -2.11. The van der Waals surface area contributed by atoms with Crippen LogP contribution in [-0.4, -0.2) is 39.8 Å². The Bertz CT molecular complexity index is 900. The standard InChI is InChI=1S/C21H22O7/c1-28-20-9-14(3-5-19(20)25)8-18(21(26)27)17(12-24)7-13-2-4-15(10-22)16(6-13)11-23/h2-6,9,12,22-23,25H,7-8,10-11H2,1H3,(H,26,27)/b18-17+. The van der Waals surface area contributed by atoms with Crippen molar-refractivity contribution in [2.45, 2.75) is 26.1 Å². The number of aldehydes is 1. The van der Waals surface area contributed by atoms with E-state index >= 15 is 0 Å². The molecule has 7 heteroatoms. The number of carboxylic acids is 1. The first-order valence-electron chi connectivity index (χ1n) is 8.52. The highest BCUT2D eigenvalue weighted by molar-refractivity contribution is 5.95. The summed E-state index contributed by atoms with van der Waals surface area (Å²) in [5.41, 5.74) is 2.33. The van der Waals surface area contributed by atoms with Crippen LogP contribution in [0.25, 0.3) is 0 Å². The van der Waals surface area contributed by atoms with Crippen molar-refractivity contribution in [3.63, 3.8) is 0 Å².